The first kappa shape index (κ1) is 26.4. The highest BCUT2D eigenvalue weighted by molar-refractivity contribution is 7.98. The average Bonchev–Trinajstić information content (AvgIpc) is 3.89. The van der Waals surface area contributed by atoms with Gasteiger partial charge >= 0.3 is 6.18 Å². The quantitative estimate of drug-likeness (QED) is 0.138. The summed E-state index contributed by atoms with van der Waals surface area (Å²) < 4.78 is 67.7. The average molecular weight is 574 g/mol. The SMILES string of the molecule is COc1ncnc(C2CC2)c1-c1nc(OCc2cnc(-c3nc(C(F)(F)F)cn3C3CC3)c(F)c2)cc(SC)n1. The van der Waals surface area contributed by atoms with E-state index in [9.17, 15) is 13.2 Å². The van der Waals surface area contributed by atoms with E-state index in [1.54, 1.807) is 6.07 Å². The summed E-state index contributed by atoms with van der Waals surface area (Å²) in [4.78, 5) is 25.6. The molecule has 2 fully saturated rings. The highest BCUT2D eigenvalue weighted by atomic mass is 32.2. The molecule has 0 atom stereocenters. The van der Waals surface area contributed by atoms with E-state index in [-0.39, 0.29) is 36.0 Å². The van der Waals surface area contributed by atoms with Gasteiger partial charge in [-0.2, -0.15) is 18.2 Å². The van der Waals surface area contributed by atoms with Crippen molar-refractivity contribution in [3.63, 3.8) is 0 Å². The molecular formula is C26H23F4N7O2S. The Morgan fingerprint density at radius 2 is 1.85 bits per heavy atom. The van der Waals surface area contributed by atoms with Gasteiger partial charge in [-0.3, -0.25) is 0 Å². The van der Waals surface area contributed by atoms with Crippen molar-refractivity contribution in [3.05, 3.63) is 53.6 Å². The molecule has 0 amide bonds. The number of rotatable bonds is 9. The maximum absolute atomic E-state index is 15.1. The van der Waals surface area contributed by atoms with E-state index in [2.05, 4.69) is 29.9 Å². The molecule has 6 rings (SSSR count). The van der Waals surface area contributed by atoms with E-state index in [1.165, 1.54) is 42.0 Å². The fourth-order valence-corrected chi connectivity index (χ4v) is 4.72. The minimum atomic E-state index is -4.64. The van der Waals surface area contributed by atoms with Gasteiger partial charge in [0.05, 0.1) is 12.8 Å². The second kappa shape index (κ2) is 10.3. The predicted octanol–water partition coefficient (Wildman–Crippen LogP) is 5.87. The van der Waals surface area contributed by atoms with E-state index in [4.69, 9.17) is 9.47 Å². The van der Waals surface area contributed by atoms with Crippen molar-refractivity contribution in [1.82, 2.24) is 34.5 Å². The molecule has 0 aromatic carbocycles. The summed E-state index contributed by atoms with van der Waals surface area (Å²) in [5.41, 5.74) is 0.472. The molecule has 4 aromatic rings. The standard InChI is InChI=1S/C26H23F4N7O2S/c1-38-25-20(21(14-3-4-14)32-12-33-25)23-35-18(8-19(36-23)40-2)39-11-13-7-16(27)22(31-9-13)24-34-17(26(28,29)30)10-37(24)15-5-6-15/h7-10,12,14-15H,3-6,11H2,1-2H3. The Balaban J connectivity index is 1.27. The van der Waals surface area contributed by atoms with Crippen molar-refractivity contribution in [2.75, 3.05) is 13.4 Å². The van der Waals surface area contributed by atoms with Crippen LogP contribution in [0.4, 0.5) is 17.6 Å². The molecule has 40 heavy (non-hydrogen) atoms. The highest BCUT2D eigenvalue weighted by Crippen LogP contribution is 2.45. The zero-order chi connectivity index (χ0) is 28.0. The van der Waals surface area contributed by atoms with Gasteiger partial charge in [-0.25, -0.2) is 29.3 Å². The number of nitrogens with zero attached hydrogens (tertiary/aromatic N) is 7. The lowest BCUT2D eigenvalue weighted by molar-refractivity contribution is -0.140. The summed E-state index contributed by atoms with van der Waals surface area (Å²) in [7, 11) is 1.52. The lowest BCUT2D eigenvalue weighted by Crippen LogP contribution is -2.06. The summed E-state index contributed by atoms with van der Waals surface area (Å²) >= 11 is 1.40. The summed E-state index contributed by atoms with van der Waals surface area (Å²) in [6, 6.07) is 2.69. The Bertz CT molecular complexity index is 1570. The number of methoxy groups -OCH3 is 1. The number of pyridine rings is 1. The molecule has 0 saturated heterocycles. The summed E-state index contributed by atoms with van der Waals surface area (Å²) in [5.74, 6) is 0.305. The van der Waals surface area contributed by atoms with Crippen LogP contribution in [-0.4, -0.2) is 47.8 Å². The molecule has 4 aromatic heterocycles. The van der Waals surface area contributed by atoms with Gasteiger partial charge in [-0.05, 0) is 38.0 Å². The van der Waals surface area contributed by atoms with Crippen LogP contribution in [0.15, 0.2) is 35.9 Å². The lowest BCUT2D eigenvalue weighted by atomic mass is 10.1. The first-order valence-electron chi connectivity index (χ1n) is 12.5. The molecule has 2 aliphatic carbocycles. The lowest BCUT2D eigenvalue weighted by Gasteiger charge is -2.13. The van der Waals surface area contributed by atoms with Crippen molar-refractivity contribution in [3.8, 4) is 34.7 Å². The second-order valence-electron chi connectivity index (χ2n) is 9.54. The Morgan fingerprint density at radius 1 is 1.05 bits per heavy atom. The monoisotopic (exact) mass is 573 g/mol. The number of alkyl halides is 3. The summed E-state index contributed by atoms with van der Waals surface area (Å²) in [5, 5.41) is 0.639. The molecular weight excluding hydrogens is 550 g/mol. The molecule has 0 N–H and O–H groups in total. The van der Waals surface area contributed by atoms with Crippen LogP contribution in [0, 0.1) is 5.82 Å². The van der Waals surface area contributed by atoms with Crippen molar-refractivity contribution in [2.45, 2.75) is 55.5 Å². The third kappa shape index (κ3) is 5.31. The maximum atomic E-state index is 15.1. The van der Waals surface area contributed by atoms with E-state index >= 15 is 4.39 Å². The number of hydrogen-bond donors (Lipinski definition) is 0. The van der Waals surface area contributed by atoms with Gasteiger partial charge in [0.15, 0.2) is 23.2 Å². The molecule has 0 spiro atoms. The zero-order valence-corrected chi connectivity index (χ0v) is 22.3. The first-order valence-corrected chi connectivity index (χ1v) is 13.7. The third-order valence-corrected chi connectivity index (χ3v) is 7.20. The highest BCUT2D eigenvalue weighted by Gasteiger charge is 2.38. The van der Waals surface area contributed by atoms with E-state index in [0.29, 0.717) is 40.7 Å². The van der Waals surface area contributed by atoms with Crippen LogP contribution < -0.4 is 9.47 Å². The van der Waals surface area contributed by atoms with Crippen LogP contribution in [-0.2, 0) is 12.8 Å². The van der Waals surface area contributed by atoms with Crippen LogP contribution in [0.5, 0.6) is 11.8 Å². The van der Waals surface area contributed by atoms with Crippen LogP contribution in [0.1, 0.15) is 54.6 Å². The van der Waals surface area contributed by atoms with E-state index in [1.807, 2.05) is 6.26 Å². The molecule has 2 aliphatic rings. The first-order chi connectivity index (χ1) is 19.2. The largest absolute Gasteiger partial charge is 0.480 e. The van der Waals surface area contributed by atoms with Gasteiger partial charge in [-0.1, -0.05) is 0 Å². The van der Waals surface area contributed by atoms with Crippen LogP contribution in [0.3, 0.4) is 0 Å². The second-order valence-corrected chi connectivity index (χ2v) is 10.4. The molecule has 4 heterocycles. The minimum Gasteiger partial charge on any atom is -0.480 e. The van der Waals surface area contributed by atoms with Gasteiger partial charge < -0.3 is 14.0 Å². The summed E-state index contributed by atoms with van der Waals surface area (Å²) in [6.07, 6.45) is 4.38. The topological polar surface area (TPSA) is 101 Å². The van der Waals surface area contributed by atoms with Crippen molar-refractivity contribution in [2.24, 2.45) is 0 Å². The van der Waals surface area contributed by atoms with Gasteiger partial charge in [0.1, 0.15) is 29.2 Å². The molecule has 9 nitrogen and oxygen atoms in total. The number of ether oxygens (including phenoxy) is 2. The number of aromatic nitrogens is 7. The molecule has 0 radical (unpaired) electrons. The predicted molar refractivity (Wildman–Crippen MR) is 136 cm³/mol. The zero-order valence-electron chi connectivity index (χ0n) is 21.4. The molecule has 208 valence electrons. The smallest absolute Gasteiger partial charge is 0.434 e. The normalized spacial score (nSPS) is 15.3. The Morgan fingerprint density at radius 3 is 2.50 bits per heavy atom. The van der Waals surface area contributed by atoms with Crippen LogP contribution in [0.2, 0.25) is 0 Å². The molecule has 0 aliphatic heterocycles. The van der Waals surface area contributed by atoms with E-state index < -0.39 is 17.7 Å². The van der Waals surface area contributed by atoms with Gasteiger partial charge in [0, 0.05) is 36.0 Å². The minimum absolute atomic E-state index is 0.0861. The van der Waals surface area contributed by atoms with Crippen molar-refractivity contribution < 1.29 is 27.0 Å². The van der Waals surface area contributed by atoms with Gasteiger partial charge in [0.25, 0.3) is 0 Å². The number of hydrogen-bond acceptors (Lipinski definition) is 9. The number of imidazole rings is 1. The number of thioether (sulfide) groups is 1. The van der Waals surface area contributed by atoms with Crippen LogP contribution in [0.25, 0.3) is 22.9 Å². The Hall–Kier alpha value is -3.81. The maximum Gasteiger partial charge on any atom is 0.434 e. The molecule has 2 saturated carbocycles. The molecule has 0 unspecified atom stereocenters. The van der Waals surface area contributed by atoms with Crippen molar-refractivity contribution in [1.29, 1.82) is 0 Å². The molecule has 0 bridgehead atoms. The Kier molecular flexibility index (Phi) is 6.80. The Labute approximate surface area is 230 Å². The van der Waals surface area contributed by atoms with Gasteiger partial charge in [-0.15, -0.1) is 11.8 Å². The number of halogens is 4. The van der Waals surface area contributed by atoms with E-state index in [0.717, 1.165) is 24.7 Å². The molecule has 14 heteroatoms. The third-order valence-electron chi connectivity index (χ3n) is 6.57. The van der Waals surface area contributed by atoms with Gasteiger partial charge in [0.2, 0.25) is 11.8 Å². The summed E-state index contributed by atoms with van der Waals surface area (Å²) in [6.45, 7) is -0.0861. The fourth-order valence-electron chi connectivity index (χ4n) is 4.32. The van der Waals surface area contributed by atoms with Crippen LogP contribution >= 0.6 is 11.8 Å². The fraction of sp³-hybridized carbons (Fsp3) is 0.385. The van der Waals surface area contributed by atoms with Crippen molar-refractivity contribution >= 4 is 11.8 Å².